The van der Waals surface area contributed by atoms with Gasteiger partial charge in [-0.2, -0.15) is 0 Å². The average Bonchev–Trinajstić information content (AvgIpc) is 2.82. The van der Waals surface area contributed by atoms with E-state index in [9.17, 15) is 4.79 Å². The van der Waals surface area contributed by atoms with Gasteiger partial charge in [-0.05, 0) is 30.0 Å². The number of hydrogen-bond acceptors (Lipinski definition) is 1. The lowest BCUT2D eigenvalue weighted by molar-refractivity contribution is -0.119. The molecule has 4 heteroatoms. The first kappa shape index (κ1) is 13.7. The van der Waals surface area contributed by atoms with E-state index in [1.807, 2.05) is 6.07 Å². The molecule has 1 aromatic carbocycles. The highest BCUT2D eigenvalue weighted by molar-refractivity contribution is 6.42. The van der Waals surface area contributed by atoms with Gasteiger partial charge < -0.3 is 5.73 Å². The molecule has 0 bridgehead atoms. The molecule has 0 radical (unpaired) electrons. The smallest absolute Gasteiger partial charge is 0.224 e. The van der Waals surface area contributed by atoms with Crippen LogP contribution in [-0.4, -0.2) is 5.91 Å². The van der Waals surface area contributed by atoms with Gasteiger partial charge in [-0.3, -0.25) is 4.79 Å². The van der Waals surface area contributed by atoms with E-state index in [4.69, 9.17) is 28.9 Å². The summed E-state index contributed by atoms with van der Waals surface area (Å²) >= 11 is 11.9. The van der Waals surface area contributed by atoms with Gasteiger partial charge in [0.15, 0.2) is 0 Å². The summed E-state index contributed by atoms with van der Waals surface area (Å²) in [6.07, 6.45) is 5.75. The molecule has 0 aromatic heterocycles. The third-order valence-corrected chi connectivity index (χ3v) is 4.47. The number of benzene rings is 1. The third kappa shape index (κ3) is 3.18. The van der Waals surface area contributed by atoms with Gasteiger partial charge in [-0.25, -0.2) is 0 Å². The number of hydrogen-bond donors (Lipinski definition) is 1. The first-order valence-corrected chi connectivity index (χ1v) is 7.08. The number of carbonyl (C=O) groups is 1. The second-order valence-corrected chi connectivity index (χ2v) is 5.83. The zero-order valence-corrected chi connectivity index (χ0v) is 11.7. The van der Waals surface area contributed by atoms with Crippen molar-refractivity contribution in [2.75, 3.05) is 0 Å². The predicted octanol–water partition coefficient (Wildman–Crippen LogP) is 4.14. The summed E-state index contributed by atoms with van der Waals surface area (Å²) < 4.78 is 0. The summed E-state index contributed by atoms with van der Waals surface area (Å²) in [7, 11) is 0. The lowest BCUT2D eigenvalue weighted by Gasteiger charge is -2.18. The molecule has 0 heterocycles. The summed E-state index contributed by atoms with van der Waals surface area (Å²) in [6.45, 7) is 0. The van der Waals surface area contributed by atoms with Gasteiger partial charge in [-0.15, -0.1) is 0 Å². The second-order valence-electron chi connectivity index (χ2n) is 5.01. The van der Waals surface area contributed by atoms with Crippen molar-refractivity contribution < 1.29 is 4.79 Å². The van der Waals surface area contributed by atoms with Crippen molar-refractivity contribution in [2.45, 2.75) is 38.0 Å². The number of carbonyl (C=O) groups excluding carboxylic acids is 1. The third-order valence-electron chi connectivity index (χ3n) is 3.73. The van der Waals surface area contributed by atoms with Crippen molar-refractivity contribution in [2.24, 2.45) is 11.7 Å². The largest absolute Gasteiger partial charge is 0.369 e. The van der Waals surface area contributed by atoms with Crippen LogP contribution >= 0.6 is 23.2 Å². The Morgan fingerprint density at radius 3 is 2.50 bits per heavy atom. The minimum absolute atomic E-state index is 0.247. The number of nitrogens with two attached hydrogens (primary N) is 1. The molecular weight excluding hydrogens is 269 g/mol. The molecule has 1 aliphatic rings. The van der Waals surface area contributed by atoms with Gasteiger partial charge in [0.1, 0.15) is 0 Å². The maximum atomic E-state index is 11.6. The molecule has 98 valence electrons. The number of amides is 1. The Balaban J connectivity index is 2.17. The lowest BCUT2D eigenvalue weighted by Crippen LogP contribution is -2.23. The summed E-state index contributed by atoms with van der Waals surface area (Å²) in [4.78, 5) is 11.6. The van der Waals surface area contributed by atoms with E-state index >= 15 is 0 Å². The molecular formula is C14H17Cl2NO. The van der Waals surface area contributed by atoms with Crippen LogP contribution < -0.4 is 5.73 Å². The Morgan fingerprint density at radius 2 is 1.94 bits per heavy atom. The number of halogens is 2. The topological polar surface area (TPSA) is 43.1 Å². The van der Waals surface area contributed by atoms with E-state index in [2.05, 4.69) is 0 Å². The van der Waals surface area contributed by atoms with E-state index in [0.717, 1.165) is 12.0 Å². The fourth-order valence-electron chi connectivity index (χ4n) is 2.73. The zero-order valence-electron chi connectivity index (χ0n) is 10.2. The molecule has 1 saturated carbocycles. The van der Waals surface area contributed by atoms with Crippen LogP contribution in [-0.2, 0) is 4.79 Å². The molecule has 0 unspecified atom stereocenters. The number of primary amides is 1. The fraction of sp³-hybridized carbons (Fsp3) is 0.500. The fourth-order valence-corrected chi connectivity index (χ4v) is 3.03. The quantitative estimate of drug-likeness (QED) is 0.888. The molecule has 0 spiro atoms. The highest BCUT2D eigenvalue weighted by Gasteiger charge is 2.25. The van der Waals surface area contributed by atoms with Crippen molar-refractivity contribution in [3.63, 3.8) is 0 Å². The minimum atomic E-state index is -0.278. The maximum Gasteiger partial charge on any atom is 0.224 e. The van der Waals surface area contributed by atoms with E-state index in [1.54, 1.807) is 12.1 Å². The lowest BCUT2D eigenvalue weighted by atomic mass is 9.87. The summed E-state index contributed by atoms with van der Waals surface area (Å²) in [5.74, 6) is 0.0834. The Bertz CT molecular complexity index is 441. The molecule has 2 N–H and O–H groups in total. The summed E-state index contributed by atoms with van der Waals surface area (Å²) in [5, 5.41) is 0.983. The van der Waals surface area contributed by atoms with E-state index in [0.29, 0.717) is 16.0 Å². The zero-order chi connectivity index (χ0) is 13.1. The molecule has 0 aliphatic heterocycles. The highest BCUT2D eigenvalue weighted by Crippen LogP contribution is 2.35. The van der Waals surface area contributed by atoms with Crippen molar-refractivity contribution >= 4 is 29.1 Å². The molecule has 1 fully saturated rings. The summed E-state index contributed by atoms with van der Waals surface area (Å²) in [6, 6.07) is 5.33. The van der Waals surface area contributed by atoms with Crippen LogP contribution in [0.3, 0.4) is 0 Å². The van der Waals surface area contributed by atoms with Crippen LogP contribution in [0.5, 0.6) is 0 Å². The molecule has 1 atom stereocenters. The Kier molecular flexibility index (Phi) is 4.52. The number of rotatable bonds is 4. The van der Waals surface area contributed by atoms with Gasteiger partial charge >= 0.3 is 0 Å². The van der Waals surface area contributed by atoms with Gasteiger partial charge in [0.05, 0.1) is 16.0 Å². The maximum absolute atomic E-state index is 11.6. The van der Waals surface area contributed by atoms with Crippen molar-refractivity contribution in [3.8, 4) is 0 Å². The van der Waals surface area contributed by atoms with Gasteiger partial charge in [-0.1, -0.05) is 55.0 Å². The Labute approximate surface area is 117 Å². The van der Waals surface area contributed by atoms with Crippen LogP contribution in [0, 0.1) is 5.92 Å². The standard InChI is InChI=1S/C14H17Cl2NO/c15-12-6-5-10(8-13(12)16)11(14(17)18)7-9-3-1-2-4-9/h5-6,8-9,11H,1-4,7H2,(H2,17,18)/t11-/m1/s1. The summed E-state index contributed by atoms with van der Waals surface area (Å²) in [5.41, 5.74) is 6.40. The highest BCUT2D eigenvalue weighted by atomic mass is 35.5. The molecule has 1 amide bonds. The van der Waals surface area contributed by atoms with Crippen molar-refractivity contribution in [3.05, 3.63) is 33.8 Å². The van der Waals surface area contributed by atoms with Crippen LogP contribution in [0.1, 0.15) is 43.6 Å². The van der Waals surface area contributed by atoms with Crippen molar-refractivity contribution in [1.29, 1.82) is 0 Å². The molecule has 2 nitrogen and oxygen atoms in total. The normalized spacial score (nSPS) is 17.9. The van der Waals surface area contributed by atoms with E-state index < -0.39 is 0 Å². The van der Waals surface area contributed by atoms with Crippen LogP contribution in [0.15, 0.2) is 18.2 Å². The first-order chi connectivity index (χ1) is 8.58. The van der Waals surface area contributed by atoms with Gasteiger partial charge in [0.25, 0.3) is 0 Å². The van der Waals surface area contributed by atoms with Gasteiger partial charge in [0, 0.05) is 0 Å². The van der Waals surface area contributed by atoms with Crippen LogP contribution in [0.4, 0.5) is 0 Å². The Hall–Kier alpha value is -0.730. The molecule has 1 aromatic rings. The van der Waals surface area contributed by atoms with Crippen LogP contribution in [0.25, 0.3) is 0 Å². The first-order valence-electron chi connectivity index (χ1n) is 6.32. The monoisotopic (exact) mass is 285 g/mol. The average molecular weight is 286 g/mol. The van der Waals surface area contributed by atoms with Crippen molar-refractivity contribution in [1.82, 2.24) is 0 Å². The Morgan fingerprint density at radius 1 is 1.28 bits per heavy atom. The molecule has 0 saturated heterocycles. The molecule has 18 heavy (non-hydrogen) atoms. The van der Waals surface area contributed by atoms with Gasteiger partial charge in [0.2, 0.25) is 5.91 Å². The van der Waals surface area contributed by atoms with E-state index in [-0.39, 0.29) is 11.8 Å². The predicted molar refractivity (Wildman–Crippen MR) is 75.0 cm³/mol. The molecule has 1 aliphatic carbocycles. The second kappa shape index (κ2) is 5.94. The van der Waals surface area contributed by atoms with Crippen LogP contribution in [0.2, 0.25) is 10.0 Å². The minimum Gasteiger partial charge on any atom is -0.369 e. The SMILES string of the molecule is NC(=O)[C@H](CC1CCCC1)c1ccc(Cl)c(Cl)c1. The molecule has 2 rings (SSSR count). The van der Waals surface area contributed by atoms with E-state index in [1.165, 1.54) is 25.7 Å².